The van der Waals surface area contributed by atoms with Crippen LogP contribution in [0.15, 0.2) is 71.3 Å². The number of aryl methyl sites for hydroxylation is 1. The molecule has 2 aromatic carbocycles. The molecular formula is C28H32N4O6. The number of benzene rings is 2. The van der Waals surface area contributed by atoms with Gasteiger partial charge in [0.25, 0.3) is 17.6 Å². The molecule has 38 heavy (non-hydrogen) atoms. The van der Waals surface area contributed by atoms with Crippen molar-refractivity contribution in [3.05, 3.63) is 83.7 Å². The average molecular weight is 521 g/mol. The minimum absolute atomic E-state index is 0.0863. The molecule has 200 valence electrons. The van der Waals surface area contributed by atoms with Gasteiger partial charge in [-0.1, -0.05) is 53.2 Å². The number of aromatic nitrogens is 2. The van der Waals surface area contributed by atoms with Crippen molar-refractivity contribution in [2.45, 2.75) is 32.7 Å². The van der Waals surface area contributed by atoms with Gasteiger partial charge in [-0.25, -0.2) is 9.59 Å². The average Bonchev–Trinajstić information content (AvgIpc) is 3.40. The van der Waals surface area contributed by atoms with Gasteiger partial charge in [0.2, 0.25) is 0 Å². The molecule has 4 rings (SSSR count). The number of carboxylic acids is 2. The third-order valence-electron chi connectivity index (χ3n) is 6.09. The van der Waals surface area contributed by atoms with Gasteiger partial charge in [-0.05, 0) is 62.9 Å². The molecule has 1 aliphatic rings. The lowest BCUT2D eigenvalue weighted by atomic mass is 9.93. The van der Waals surface area contributed by atoms with Crippen molar-refractivity contribution in [1.82, 2.24) is 20.4 Å². The molecule has 3 aromatic rings. The highest BCUT2D eigenvalue weighted by molar-refractivity contribution is 5.90. The van der Waals surface area contributed by atoms with Crippen LogP contribution in [-0.4, -0.2) is 62.7 Å². The summed E-state index contributed by atoms with van der Waals surface area (Å²) in [6.45, 7) is 5.89. The van der Waals surface area contributed by atoms with E-state index in [-0.39, 0.29) is 11.7 Å². The van der Waals surface area contributed by atoms with Gasteiger partial charge in [-0.3, -0.25) is 9.69 Å². The molecule has 1 aliphatic heterocycles. The number of piperidine rings is 1. The van der Waals surface area contributed by atoms with Crippen LogP contribution in [0.25, 0.3) is 11.5 Å². The summed E-state index contributed by atoms with van der Waals surface area (Å²) in [5.41, 5.74) is 3.34. The van der Waals surface area contributed by atoms with Gasteiger partial charge < -0.3 is 20.1 Å². The van der Waals surface area contributed by atoms with Crippen molar-refractivity contribution >= 4 is 17.8 Å². The van der Waals surface area contributed by atoms with E-state index < -0.39 is 11.9 Å². The molecule has 0 aliphatic carbocycles. The maximum atomic E-state index is 12.3. The Labute approximate surface area is 221 Å². The van der Waals surface area contributed by atoms with Gasteiger partial charge in [-0.2, -0.15) is 4.98 Å². The zero-order chi connectivity index (χ0) is 27.3. The van der Waals surface area contributed by atoms with Crippen LogP contribution in [0.4, 0.5) is 0 Å². The normalized spacial score (nSPS) is 14.0. The summed E-state index contributed by atoms with van der Waals surface area (Å²) < 4.78 is 5.24. The minimum Gasteiger partial charge on any atom is -0.478 e. The van der Waals surface area contributed by atoms with E-state index in [2.05, 4.69) is 50.7 Å². The lowest BCUT2D eigenvalue weighted by molar-refractivity contribution is -0.134. The summed E-state index contributed by atoms with van der Waals surface area (Å²) in [5.74, 6) is -1.70. The van der Waals surface area contributed by atoms with Gasteiger partial charge in [0, 0.05) is 30.8 Å². The first-order valence-electron chi connectivity index (χ1n) is 12.4. The van der Waals surface area contributed by atoms with E-state index in [1.807, 2.05) is 31.2 Å². The van der Waals surface area contributed by atoms with E-state index in [1.165, 1.54) is 18.4 Å². The summed E-state index contributed by atoms with van der Waals surface area (Å²) in [4.78, 5) is 38.2. The maximum absolute atomic E-state index is 12.3. The summed E-state index contributed by atoms with van der Waals surface area (Å²) >= 11 is 0. The van der Waals surface area contributed by atoms with Crippen molar-refractivity contribution in [2.24, 2.45) is 5.92 Å². The fraction of sp³-hybridized carbons (Fsp3) is 0.321. The van der Waals surface area contributed by atoms with Gasteiger partial charge in [-0.15, -0.1) is 0 Å². The first-order valence-corrected chi connectivity index (χ1v) is 12.4. The second-order valence-electron chi connectivity index (χ2n) is 9.05. The zero-order valence-corrected chi connectivity index (χ0v) is 21.2. The first-order chi connectivity index (χ1) is 18.3. The van der Waals surface area contributed by atoms with Gasteiger partial charge in [0.1, 0.15) is 0 Å². The van der Waals surface area contributed by atoms with Crippen molar-refractivity contribution < 1.29 is 29.1 Å². The molecule has 10 heteroatoms. The molecule has 1 aromatic heterocycles. The fourth-order valence-corrected chi connectivity index (χ4v) is 4.02. The van der Waals surface area contributed by atoms with Crippen molar-refractivity contribution in [3.8, 4) is 11.5 Å². The number of amides is 1. The Kier molecular flexibility index (Phi) is 10.7. The van der Waals surface area contributed by atoms with Gasteiger partial charge >= 0.3 is 11.9 Å². The number of likely N-dealkylation sites (tertiary alicyclic amines) is 1. The highest BCUT2D eigenvalue weighted by Gasteiger charge is 2.20. The minimum atomic E-state index is -1.26. The lowest BCUT2D eigenvalue weighted by Gasteiger charge is -2.32. The highest BCUT2D eigenvalue weighted by Crippen LogP contribution is 2.22. The quantitative estimate of drug-likeness (QED) is 0.359. The van der Waals surface area contributed by atoms with E-state index in [4.69, 9.17) is 14.7 Å². The molecule has 0 saturated carbocycles. The molecule has 0 radical (unpaired) electrons. The molecule has 0 unspecified atom stereocenters. The molecule has 0 spiro atoms. The van der Waals surface area contributed by atoms with Crippen LogP contribution in [-0.2, 0) is 16.1 Å². The van der Waals surface area contributed by atoms with E-state index in [1.54, 1.807) is 0 Å². The van der Waals surface area contributed by atoms with Crippen LogP contribution in [0.2, 0.25) is 0 Å². The molecule has 0 bridgehead atoms. The molecule has 1 fully saturated rings. The number of aliphatic carboxylic acids is 2. The standard InChI is InChI=1S/C24H28N4O2.C4H4O4/c1-18-7-9-21(10-8-18)24-26-22(27-30-24)23(29)25-14-11-19-12-15-28(16-13-19)17-20-5-3-2-4-6-20;5-3(6)1-2-4(7)8/h2-10,19H,11-17H2,1H3,(H,25,29);1-2H,(H,5,6)(H,7,8)/b;2-1+. The van der Waals surface area contributed by atoms with Crippen LogP contribution in [0.3, 0.4) is 0 Å². The Hall–Kier alpha value is -4.31. The molecule has 0 atom stereocenters. The number of hydrogen-bond acceptors (Lipinski definition) is 7. The predicted octanol–water partition coefficient (Wildman–Crippen LogP) is 3.79. The molecule has 3 N–H and O–H groups in total. The Morgan fingerprint density at radius 2 is 1.63 bits per heavy atom. The first kappa shape index (κ1) is 28.3. The topological polar surface area (TPSA) is 146 Å². The summed E-state index contributed by atoms with van der Waals surface area (Å²) in [5, 5.41) is 22.4. The fourth-order valence-electron chi connectivity index (χ4n) is 4.02. The number of hydrogen-bond donors (Lipinski definition) is 3. The third kappa shape index (κ3) is 9.62. The van der Waals surface area contributed by atoms with Crippen molar-refractivity contribution in [1.29, 1.82) is 0 Å². The third-order valence-corrected chi connectivity index (χ3v) is 6.09. The van der Waals surface area contributed by atoms with Crippen molar-refractivity contribution in [3.63, 3.8) is 0 Å². The largest absolute Gasteiger partial charge is 0.478 e. The smallest absolute Gasteiger partial charge is 0.328 e. The number of rotatable bonds is 9. The highest BCUT2D eigenvalue weighted by atomic mass is 16.5. The Bertz CT molecular complexity index is 1200. The van der Waals surface area contributed by atoms with E-state index in [0.29, 0.717) is 30.5 Å². The number of carboxylic acid groups (broad SMARTS) is 2. The summed E-state index contributed by atoms with van der Waals surface area (Å²) in [6.07, 6.45) is 4.43. The Balaban J connectivity index is 0.000000436. The summed E-state index contributed by atoms with van der Waals surface area (Å²) in [6, 6.07) is 18.4. The van der Waals surface area contributed by atoms with Crippen LogP contribution in [0.5, 0.6) is 0 Å². The number of carbonyl (C=O) groups is 3. The number of carbonyl (C=O) groups excluding carboxylic acids is 1. The SMILES string of the molecule is Cc1ccc(-c2nc(C(=O)NCCC3CCN(Cc4ccccc4)CC3)no2)cc1.O=C(O)/C=C/C(=O)O. The monoisotopic (exact) mass is 520 g/mol. The molecular weight excluding hydrogens is 488 g/mol. The molecule has 2 heterocycles. The zero-order valence-electron chi connectivity index (χ0n) is 21.2. The number of nitrogens with zero attached hydrogens (tertiary/aromatic N) is 3. The molecule has 10 nitrogen and oxygen atoms in total. The summed E-state index contributed by atoms with van der Waals surface area (Å²) in [7, 11) is 0. The van der Waals surface area contributed by atoms with Gasteiger partial charge in [0.05, 0.1) is 0 Å². The molecule has 1 saturated heterocycles. The Morgan fingerprint density at radius 1 is 1.00 bits per heavy atom. The van der Waals surface area contributed by atoms with Gasteiger partial charge in [0.15, 0.2) is 0 Å². The van der Waals surface area contributed by atoms with E-state index in [0.717, 1.165) is 37.2 Å². The van der Waals surface area contributed by atoms with Crippen LogP contribution >= 0.6 is 0 Å². The Morgan fingerprint density at radius 3 is 2.24 bits per heavy atom. The van der Waals surface area contributed by atoms with E-state index >= 15 is 0 Å². The lowest BCUT2D eigenvalue weighted by Crippen LogP contribution is -2.35. The van der Waals surface area contributed by atoms with E-state index in [9.17, 15) is 14.4 Å². The van der Waals surface area contributed by atoms with Crippen LogP contribution < -0.4 is 5.32 Å². The molecule has 1 amide bonds. The predicted molar refractivity (Wildman–Crippen MR) is 140 cm³/mol. The number of nitrogens with one attached hydrogen (secondary N) is 1. The second-order valence-corrected chi connectivity index (χ2v) is 9.05. The second kappa shape index (κ2) is 14.4. The maximum Gasteiger partial charge on any atom is 0.328 e. The van der Waals surface area contributed by atoms with Crippen LogP contribution in [0.1, 0.15) is 41.0 Å². The van der Waals surface area contributed by atoms with Crippen LogP contribution in [0, 0.1) is 12.8 Å². The van der Waals surface area contributed by atoms with Crippen molar-refractivity contribution in [2.75, 3.05) is 19.6 Å².